The molecule has 1 aliphatic carbocycles. The van der Waals surface area contributed by atoms with Gasteiger partial charge in [0, 0.05) is 26.1 Å². The average Bonchev–Trinajstić information content (AvgIpc) is 2.16. The van der Waals surface area contributed by atoms with Crippen molar-refractivity contribution < 1.29 is 4.79 Å². The van der Waals surface area contributed by atoms with E-state index >= 15 is 0 Å². The molecule has 1 N–H and O–H groups in total. The lowest BCUT2D eigenvalue weighted by molar-refractivity contribution is -0.130. The van der Waals surface area contributed by atoms with Crippen LogP contribution < -0.4 is 5.32 Å². The molecule has 13 heavy (non-hydrogen) atoms. The minimum Gasteiger partial charge on any atom is -0.341 e. The summed E-state index contributed by atoms with van der Waals surface area (Å²) in [7, 11) is 3.89. The van der Waals surface area contributed by atoms with E-state index in [0.717, 1.165) is 6.42 Å². The zero-order chi connectivity index (χ0) is 9.84. The highest BCUT2D eigenvalue weighted by atomic mass is 16.2. The molecule has 76 valence electrons. The Morgan fingerprint density at radius 3 is 2.54 bits per heavy atom. The van der Waals surface area contributed by atoms with Gasteiger partial charge in [-0.3, -0.25) is 4.79 Å². The molecule has 0 radical (unpaired) electrons. The van der Waals surface area contributed by atoms with Gasteiger partial charge in [-0.2, -0.15) is 0 Å². The average molecular weight is 184 g/mol. The molecule has 0 heterocycles. The van der Waals surface area contributed by atoms with Gasteiger partial charge in [0.25, 0.3) is 0 Å². The van der Waals surface area contributed by atoms with E-state index in [1.165, 1.54) is 19.3 Å². The van der Waals surface area contributed by atoms with Crippen LogP contribution >= 0.6 is 0 Å². The molecule has 1 rings (SSSR count). The second-order valence-electron chi connectivity index (χ2n) is 3.88. The third kappa shape index (κ3) is 2.44. The predicted octanol–water partition coefficient (Wildman–Crippen LogP) is 0.995. The van der Waals surface area contributed by atoms with Crippen molar-refractivity contribution in [3.8, 4) is 0 Å². The van der Waals surface area contributed by atoms with Crippen LogP contribution in [0.3, 0.4) is 0 Å². The Kier molecular flexibility index (Phi) is 3.72. The first-order chi connectivity index (χ1) is 6.16. The SMILES string of the molecule is CN[C@@H]1CCCC[C@@H]1N(C)C(C)=O. The van der Waals surface area contributed by atoms with Crippen LogP contribution in [0, 0.1) is 0 Å². The molecule has 1 fully saturated rings. The Hall–Kier alpha value is -0.570. The van der Waals surface area contributed by atoms with Gasteiger partial charge in [-0.15, -0.1) is 0 Å². The van der Waals surface area contributed by atoms with Crippen molar-refractivity contribution in [2.45, 2.75) is 44.7 Å². The van der Waals surface area contributed by atoms with E-state index in [9.17, 15) is 4.79 Å². The van der Waals surface area contributed by atoms with Gasteiger partial charge < -0.3 is 10.2 Å². The number of hydrogen-bond acceptors (Lipinski definition) is 2. The monoisotopic (exact) mass is 184 g/mol. The Morgan fingerprint density at radius 2 is 2.00 bits per heavy atom. The molecule has 0 aliphatic heterocycles. The van der Waals surface area contributed by atoms with Gasteiger partial charge in [-0.25, -0.2) is 0 Å². The van der Waals surface area contributed by atoms with Crippen LogP contribution in [0.1, 0.15) is 32.6 Å². The van der Waals surface area contributed by atoms with Gasteiger partial charge in [-0.05, 0) is 19.9 Å². The number of amides is 1. The van der Waals surface area contributed by atoms with Gasteiger partial charge in [0.2, 0.25) is 5.91 Å². The third-order valence-electron chi connectivity index (χ3n) is 3.09. The number of nitrogens with one attached hydrogen (secondary N) is 1. The summed E-state index contributed by atoms with van der Waals surface area (Å²) < 4.78 is 0. The van der Waals surface area contributed by atoms with Crippen molar-refractivity contribution in [2.24, 2.45) is 0 Å². The zero-order valence-electron chi connectivity index (χ0n) is 8.84. The summed E-state index contributed by atoms with van der Waals surface area (Å²) in [5.74, 6) is 0.173. The third-order valence-corrected chi connectivity index (χ3v) is 3.09. The van der Waals surface area contributed by atoms with Crippen LogP contribution in [-0.2, 0) is 4.79 Å². The van der Waals surface area contributed by atoms with Crippen molar-refractivity contribution in [1.82, 2.24) is 10.2 Å². The summed E-state index contributed by atoms with van der Waals surface area (Å²) >= 11 is 0. The van der Waals surface area contributed by atoms with Gasteiger partial charge in [0.05, 0.1) is 0 Å². The smallest absolute Gasteiger partial charge is 0.219 e. The molecule has 0 aromatic rings. The van der Waals surface area contributed by atoms with Crippen molar-refractivity contribution in [3.63, 3.8) is 0 Å². The van der Waals surface area contributed by atoms with Gasteiger partial charge in [0.15, 0.2) is 0 Å². The lowest BCUT2D eigenvalue weighted by Gasteiger charge is -2.37. The molecule has 0 unspecified atom stereocenters. The quantitative estimate of drug-likeness (QED) is 0.694. The van der Waals surface area contributed by atoms with Crippen molar-refractivity contribution >= 4 is 5.91 Å². The van der Waals surface area contributed by atoms with Crippen molar-refractivity contribution in [1.29, 1.82) is 0 Å². The van der Waals surface area contributed by atoms with Crippen molar-refractivity contribution in [2.75, 3.05) is 14.1 Å². The normalized spacial score (nSPS) is 28.5. The molecule has 0 bridgehead atoms. The summed E-state index contributed by atoms with van der Waals surface area (Å²) in [6.07, 6.45) is 4.87. The van der Waals surface area contributed by atoms with E-state index in [4.69, 9.17) is 0 Å². The molecule has 3 nitrogen and oxygen atoms in total. The molecule has 0 spiro atoms. The summed E-state index contributed by atoms with van der Waals surface area (Å²) in [5.41, 5.74) is 0. The summed E-state index contributed by atoms with van der Waals surface area (Å²) in [5, 5.41) is 3.30. The van der Waals surface area contributed by atoms with Crippen LogP contribution in [0.2, 0.25) is 0 Å². The van der Waals surface area contributed by atoms with E-state index < -0.39 is 0 Å². The molecular formula is C10H20N2O. The number of carbonyl (C=O) groups excluding carboxylic acids is 1. The van der Waals surface area contributed by atoms with E-state index in [2.05, 4.69) is 5.32 Å². The van der Waals surface area contributed by atoms with Gasteiger partial charge >= 0.3 is 0 Å². The minimum absolute atomic E-state index is 0.173. The lowest BCUT2D eigenvalue weighted by Crippen LogP contribution is -2.50. The molecule has 1 aliphatic rings. The molecule has 1 saturated carbocycles. The molecule has 0 aromatic carbocycles. The Morgan fingerprint density at radius 1 is 1.38 bits per heavy atom. The predicted molar refractivity (Wildman–Crippen MR) is 53.5 cm³/mol. The highest BCUT2D eigenvalue weighted by Gasteiger charge is 2.27. The van der Waals surface area contributed by atoms with E-state index in [1.54, 1.807) is 6.92 Å². The maximum atomic E-state index is 11.2. The fourth-order valence-electron chi connectivity index (χ4n) is 2.15. The largest absolute Gasteiger partial charge is 0.341 e. The molecule has 0 aromatic heterocycles. The lowest BCUT2D eigenvalue weighted by atomic mass is 9.89. The number of nitrogens with zero attached hydrogens (tertiary/aromatic N) is 1. The number of hydrogen-bond donors (Lipinski definition) is 1. The first-order valence-electron chi connectivity index (χ1n) is 5.07. The fraction of sp³-hybridized carbons (Fsp3) is 0.900. The van der Waals surface area contributed by atoms with Crippen LogP contribution in [0.15, 0.2) is 0 Å². The highest BCUT2D eigenvalue weighted by molar-refractivity contribution is 5.73. The highest BCUT2D eigenvalue weighted by Crippen LogP contribution is 2.22. The standard InChI is InChI=1S/C10H20N2O/c1-8(13)12(3)10-7-5-4-6-9(10)11-2/h9-11H,4-7H2,1-3H3/t9-,10+/m1/s1. The first kappa shape index (κ1) is 10.5. The molecule has 1 amide bonds. The van der Waals surface area contributed by atoms with Gasteiger partial charge in [-0.1, -0.05) is 12.8 Å². The summed E-state index contributed by atoms with van der Waals surface area (Å²) in [4.78, 5) is 13.1. The summed E-state index contributed by atoms with van der Waals surface area (Å²) in [6, 6.07) is 0.888. The molecule has 0 saturated heterocycles. The summed E-state index contributed by atoms with van der Waals surface area (Å²) in [6.45, 7) is 1.64. The first-order valence-corrected chi connectivity index (χ1v) is 5.07. The van der Waals surface area contributed by atoms with Gasteiger partial charge in [0.1, 0.15) is 0 Å². The number of likely N-dealkylation sites (N-methyl/N-ethyl adjacent to an activating group) is 2. The van der Waals surface area contributed by atoms with E-state index in [1.807, 2.05) is 19.0 Å². The Labute approximate surface area is 80.5 Å². The molecule has 3 heteroatoms. The number of carbonyl (C=O) groups is 1. The zero-order valence-corrected chi connectivity index (χ0v) is 8.84. The topological polar surface area (TPSA) is 32.3 Å². The van der Waals surface area contributed by atoms with E-state index in [-0.39, 0.29) is 5.91 Å². The minimum atomic E-state index is 0.173. The molecular weight excluding hydrogens is 164 g/mol. The van der Waals surface area contributed by atoms with Crippen LogP contribution in [-0.4, -0.2) is 37.0 Å². The van der Waals surface area contributed by atoms with Crippen LogP contribution in [0.25, 0.3) is 0 Å². The van der Waals surface area contributed by atoms with Crippen molar-refractivity contribution in [3.05, 3.63) is 0 Å². The number of rotatable bonds is 2. The molecule has 2 atom stereocenters. The second kappa shape index (κ2) is 4.61. The Bertz CT molecular complexity index is 182. The maximum absolute atomic E-state index is 11.2. The van der Waals surface area contributed by atoms with E-state index in [0.29, 0.717) is 12.1 Å². The second-order valence-corrected chi connectivity index (χ2v) is 3.88. The van der Waals surface area contributed by atoms with Crippen LogP contribution in [0.5, 0.6) is 0 Å². The Balaban J connectivity index is 2.58. The van der Waals surface area contributed by atoms with Crippen LogP contribution in [0.4, 0.5) is 0 Å². The fourth-order valence-corrected chi connectivity index (χ4v) is 2.15. The maximum Gasteiger partial charge on any atom is 0.219 e.